The molecule has 1 aliphatic carbocycles. The third-order valence-electron chi connectivity index (χ3n) is 3.93. The van der Waals surface area contributed by atoms with Gasteiger partial charge in [0.05, 0.1) is 10.6 Å². The molecule has 1 aromatic carbocycles. The maximum atomic E-state index is 12.0. The molecule has 0 unspecified atom stereocenters. The number of rotatable bonds is 2. The standard InChI is InChI=1S/C17H18N2OS/c1-11-9-13-5-3-6-15(14(13)10-12(11)2)18-19-17(20)16-7-4-8-21-16/h4,7-10H,3,5-6H2,1-2H3,(H,19,20)/b18-15-. The van der Waals surface area contributed by atoms with Crippen molar-refractivity contribution in [2.24, 2.45) is 5.10 Å². The van der Waals surface area contributed by atoms with E-state index in [9.17, 15) is 4.79 Å². The Morgan fingerprint density at radius 2 is 2.05 bits per heavy atom. The fraction of sp³-hybridized carbons (Fsp3) is 0.294. The minimum absolute atomic E-state index is 0.131. The lowest BCUT2D eigenvalue weighted by molar-refractivity contribution is 0.0959. The van der Waals surface area contributed by atoms with Crippen LogP contribution in [0.1, 0.15) is 44.8 Å². The summed E-state index contributed by atoms with van der Waals surface area (Å²) in [7, 11) is 0. The molecule has 1 N–H and O–H groups in total. The van der Waals surface area contributed by atoms with Crippen molar-refractivity contribution in [3.8, 4) is 0 Å². The van der Waals surface area contributed by atoms with E-state index in [1.54, 1.807) is 0 Å². The van der Waals surface area contributed by atoms with Gasteiger partial charge in [0.15, 0.2) is 0 Å². The Kier molecular flexibility index (Phi) is 3.88. The van der Waals surface area contributed by atoms with E-state index in [1.165, 1.54) is 33.6 Å². The van der Waals surface area contributed by atoms with Crippen molar-refractivity contribution < 1.29 is 4.79 Å². The SMILES string of the molecule is Cc1cc2c(cc1C)/C(=N\NC(=O)c1cccs1)CCC2. The van der Waals surface area contributed by atoms with Gasteiger partial charge in [0, 0.05) is 5.56 Å². The molecule has 0 fully saturated rings. The monoisotopic (exact) mass is 298 g/mol. The number of fused-ring (bicyclic) bond motifs is 1. The minimum atomic E-state index is -0.131. The maximum Gasteiger partial charge on any atom is 0.281 e. The maximum absolute atomic E-state index is 12.0. The highest BCUT2D eigenvalue weighted by Crippen LogP contribution is 2.25. The predicted octanol–water partition coefficient (Wildman–Crippen LogP) is 3.84. The third kappa shape index (κ3) is 2.90. The van der Waals surface area contributed by atoms with Gasteiger partial charge in [-0.2, -0.15) is 5.10 Å². The van der Waals surface area contributed by atoms with Gasteiger partial charge in [-0.15, -0.1) is 11.3 Å². The van der Waals surface area contributed by atoms with Crippen LogP contribution in [0.15, 0.2) is 34.7 Å². The van der Waals surface area contributed by atoms with Gasteiger partial charge in [-0.25, -0.2) is 5.43 Å². The Labute approximate surface area is 128 Å². The molecule has 1 heterocycles. The van der Waals surface area contributed by atoms with Crippen LogP contribution in [0.5, 0.6) is 0 Å². The van der Waals surface area contributed by atoms with Gasteiger partial charge < -0.3 is 0 Å². The summed E-state index contributed by atoms with van der Waals surface area (Å²) in [6.45, 7) is 4.26. The number of nitrogens with zero attached hydrogens (tertiary/aromatic N) is 1. The lowest BCUT2D eigenvalue weighted by atomic mass is 9.87. The van der Waals surface area contributed by atoms with Gasteiger partial charge >= 0.3 is 0 Å². The molecule has 3 rings (SSSR count). The zero-order valence-electron chi connectivity index (χ0n) is 12.3. The predicted molar refractivity (Wildman–Crippen MR) is 87.2 cm³/mol. The molecule has 3 nitrogen and oxygen atoms in total. The lowest BCUT2D eigenvalue weighted by Gasteiger charge is -2.19. The molecule has 0 radical (unpaired) electrons. The average molecular weight is 298 g/mol. The summed E-state index contributed by atoms with van der Waals surface area (Å²) in [6, 6.07) is 8.12. The van der Waals surface area contributed by atoms with E-state index in [2.05, 4.69) is 36.5 Å². The van der Waals surface area contributed by atoms with Gasteiger partial charge in [0.25, 0.3) is 5.91 Å². The molecule has 0 saturated heterocycles. The molecule has 0 saturated carbocycles. The summed E-state index contributed by atoms with van der Waals surface area (Å²) in [5.74, 6) is -0.131. The van der Waals surface area contributed by atoms with E-state index in [0.29, 0.717) is 4.88 Å². The molecule has 21 heavy (non-hydrogen) atoms. The number of benzene rings is 1. The van der Waals surface area contributed by atoms with Crippen molar-refractivity contribution in [3.63, 3.8) is 0 Å². The molecule has 108 valence electrons. The molecular weight excluding hydrogens is 280 g/mol. The van der Waals surface area contributed by atoms with Crippen LogP contribution in [-0.2, 0) is 6.42 Å². The topological polar surface area (TPSA) is 41.5 Å². The largest absolute Gasteiger partial charge is 0.281 e. The molecule has 2 aromatic rings. The third-order valence-corrected chi connectivity index (χ3v) is 4.80. The number of aryl methyl sites for hydroxylation is 3. The molecule has 0 atom stereocenters. The number of carbonyl (C=O) groups is 1. The van der Waals surface area contributed by atoms with Crippen molar-refractivity contribution >= 4 is 23.0 Å². The van der Waals surface area contributed by atoms with Crippen LogP contribution in [0.3, 0.4) is 0 Å². The van der Waals surface area contributed by atoms with Gasteiger partial charge in [-0.1, -0.05) is 12.1 Å². The molecule has 0 spiro atoms. The van der Waals surface area contributed by atoms with E-state index in [0.717, 1.165) is 25.0 Å². The van der Waals surface area contributed by atoms with E-state index in [1.807, 2.05) is 17.5 Å². The Balaban J connectivity index is 1.86. The number of nitrogens with one attached hydrogen (secondary N) is 1. The molecule has 0 bridgehead atoms. The van der Waals surface area contributed by atoms with E-state index in [-0.39, 0.29) is 5.91 Å². The first-order valence-corrected chi connectivity index (χ1v) is 8.04. The molecule has 1 amide bonds. The zero-order chi connectivity index (χ0) is 14.8. The highest BCUT2D eigenvalue weighted by atomic mass is 32.1. The minimum Gasteiger partial charge on any atom is -0.266 e. The van der Waals surface area contributed by atoms with Crippen LogP contribution in [0, 0.1) is 13.8 Å². The second kappa shape index (κ2) is 5.82. The summed E-state index contributed by atoms with van der Waals surface area (Å²) >= 11 is 1.43. The van der Waals surface area contributed by atoms with Crippen molar-refractivity contribution in [1.29, 1.82) is 0 Å². The normalized spacial score (nSPS) is 15.8. The summed E-state index contributed by atoms with van der Waals surface area (Å²) in [6.07, 6.45) is 3.10. The summed E-state index contributed by atoms with van der Waals surface area (Å²) < 4.78 is 0. The van der Waals surface area contributed by atoms with E-state index in [4.69, 9.17) is 0 Å². The Hall–Kier alpha value is -1.94. The smallest absolute Gasteiger partial charge is 0.266 e. The van der Waals surface area contributed by atoms with Crippen molar-refractivity contribution in [3.05, 3.63) is 56.8 Å². The van der Waals surface area contributed by atoms with Crippen LogP contribution in [0.4, 0.5) is 0 Å². The summed E-state index contributed by atoms with van der Waals surface area (Å²) in [4.78, 5) is 12.7. The number of carbonyl (C=O) groups excluding carboxylic acids is 1. The number of amides is 1. The fourth-order valence-corrected chi connectivity index (χ4v) is 3.24. The molecule has 1 aliphatic rings. The van der Waals surface area contributed by atoms with E-state index >= 15 is 0 Å². The Bertz CT molecular complexity index is 702. The van der Waals surface area contributed by atoms with Crippen LogP contribution in [-0.4, -0.2) is 11.6 Å². The molecule has 4 heteroatoms. The number of hydrogen-bond acceptors (Lipinski definition) is 3. The average Bonchev–Trinajstić information content (AvgIpc) is 3.00. The van der Waals surface area contributed by atoms with Crippen LogP contribution in [0.2, 0.25) is 0 Å². The highest BCUT2D eigenvalue weighted by molar-refractivity contribution is 7.12. The number of hydrazone groups is 1. The molecule has 1 aromatic heterocycles. The van der Waals surface area contributed by atoms with Crippen LogP contribution in [0.25, 0.3) is 0 Å². The number of thiophene rings is 1. The second-order valence-electron chi connectivity index (χ2n) is 5.42. The van der Waals surface area contributed by atoms with Crippen molar-refractivity contribution in [1.82, 2.24) is 5.43 Å². The van der Waals surface area contributed by atoms with Gasteiger partial charge in [0.1, 0.15) is 0 Å². The lowest BCUT2D eigenvalue weighted by Crippen LogP contribution is -2.21. The fourth-order valence-electron chi connectivity index (χ4n) is 2.63. The number of hydrogen-bond donors (Lipinski definition) is 1. The summed E-state index contributed by atoms with van der Waals surface area (Å²) in [5, 5.41) is 6.27. The Morgan fingerprint density at radius 1 is 1.24 bits per heavy atom. The first-order valence-electron chi connectivity index (χ1n) is 7.16. The van der Waals surface area contributed by atoms with Crippen LogP contribution >= 0.6 is 11.3 Å². The molecular formula is C17H18N2OS. The first-order chi connectivity index (χ1) is 10.1. The summed E-state index contributed by atoms with van der Waals surface area (Å²) in [5.41, 5.74) is 8.80. The van der Waals surface area contributed by atoms with Crippen molar-refractivity contribution in [2.45, 2.75) is 33.1 Å². The second-order valence-corrected chi connectivity index (χ2v) is 6.37. The van der Waals surface area contributed by atoms with Crippen LogP contribution < -0.4 is 5.43 Å². The first kappa shape index (κ1) is 14.0. The van der Waals surface area contributed by atoms with Crippen molar-refractivity contribution in [2.75, 3.05) is 0 Å². The van der Waals surface area contributed by atoms with Gasteiger partial charge in [-0.3, -0.25) is 4.79 Å². The van der Waals surface area contributed by atoms with Gasteiger partial charge in [0.2, 0.25) is 0 Å². The van der Waals surface area contributed by atoms with E-state index < -0.39 is 0 Å². The van der Waals surface area contributed by atoms with Gasteiger partial charge in [-0.05, 0) is 67.3 Å². The molecule has 0 aliphatic heterocycles. The highest BCUT2D eigenvalue weighted by Gasteiger charge is 2.17. The quantitative estimate of drug-likeness (QED) is 0.841. The Morgan fingerprint density at radius 3 is 2.81 bits per heavy atom. The zero-order valence-corrected chi connectivity index (χ0v) is 13.1.